The zero-order valence-corrected chi connectivity index (χ0v) is 10.9. The van der Waals surface area contributed by atoms with E-state index in [4.69, 9.17) is 5.73 Å². The van der Waals surface area contributed by atoms with E-state index in [2.05, 4.69) is 27.8 Å². The second kappa shape index (κ2) is 5.13. The molecule has 2 fully saturated rings. The van der Waals surface area contributed by atoms with Crippen LogP contribution in [-0.2, 0) is 6.54 Å². The average molecular weight is 254 g/mol. The van der Waals surface area contributed by atoms with Crippen LogP contribution < -0.4 is 27.6 Å². The Morgan fingerprint density at radius 3 is 2.59 bits per heavy atom. The lowest BCUT2D eigenvalue weighted by atomic mass is 10.3. The molecule has 17 heavy (non-hydrogen) atoms. The molecule has 1 aromatic heterocycles. The molecule has 94 valence electrons. The average Bonchev–Trinajstić information content (AvgIpc) is 2.94. The Morgan fingerprint density at radius 1 is 1.29 bits per heavy atom. The maximum atomic E-state index is 6.10. The third-order valence-electron chi connectivity index (χ3n) is 3.68. The van der Waals surface area contributed by atoms with E-state index >= 15 is 0 Å². The molecule has 1 aliphatic heterocycles. The highest BCUT2D eigenvalue weighted by atomic mass is 35.5. The molecule has 3 nitrogen and oxygen atoms in total. The smallest absolute Gasteiger partial charge is 0.274 e. The van der Waals surface area contributed by atoms with Crippen LogP contribution in [0.5, 0.6) is 0 Å². The molecular formula is C13H20ClN3. The summed E-state index contributed by atoms with van der Waals surface area (Å²) in [6.07, 6.45) is 7.54. The number of hydrogen-bond acceptors (Lipinski definition) is 2. The van der Waals surface area contributed by atoms with Crippen molar-refractivity contribution in [1.82, 2.24) is 0 Å². The van der Waals surface area contributed by atoms with Crippen LogP contribution in [0.2, 0.25) is 0 Å². The van der Waals surface area contributed by atoms with Gasteiger partial charge < -0.3 is 17.3 Å². The monoisotopic (exact) mass is 253 g/mol. The molecule has 2 heterocycles. The summed E-state index contributed by atoms with van der Waals surface area (Å²) in [5.41, 5.74) is 7.39. The van der Waals surface area contributed by atoms with Crippen molar-refractivity contribution >= 4 is 11.5 Å². The minimum atomic E-state index is 0. The molecule has 4 heteroatoms. The highest BCUT2D eigenvalue weighted by molar-refractivity contribution is 5.50. The van der Waals surface area contributed by atoms with Gasteiger partial charge in [0, 0.05) is 24.8 Å². The molecular weight excluding hydrogens is 234 g/mol. The SMILES string of the molecule is Nc1cc(N2CCCC2)cc[n+]1CC1CC1.[Cl-]. The minimum Gasteiger partial charge on any atom is -1.00 e. The Morgan fingerprint density at radius 2 is 2.00 bits per heavy atom. The quantitative estimate of drug-likeness (QED) is 0.671. The molecule has 0 unspecified atom stereocenters. The van der Waals surface area contributed by atoms with E-state index in [-0.39, 0.29) is 12.4 Å². The molecule has 1 saturated heterocycles. The van der Waals surface area contributed by atoms with Gasteiger partial charge in [0.1, 0.15) is 0 Å². The number of hydrogen-bond donors (Lipinski definition) is 1. The van der Waals surface area contributed by atoms with E-state index in [1.165, 1.54) is 44.5 Å². The topological polar surface area (TPSA) is 33.1 Å². The number of pyridine rings is 1. The van der Waals surface area contributed by atoms with Crippen LogP contribution >= 0.6 is 0 Å². The van der Waals surface area contributed by atoms with Crippen LogP contribution in [0.4, 0.5) is 11.5 Å². The number of aromatic nitrogens is 1. The molecule has 3 rings (SSSR count). The van der Waals surface area contributed by atoms with Gasteiger partial charge in [-0.15, -0.1) is 0 Å². The largest absolute Gasteiger partial charge is 1.00 e. The maximum Gasteiger partial charge on any atom is 0.274 e. The molecule has 1 aromatic rings. The molecule has 0 atom stereocenters. The standard InChI is InChI=1S/C13H19N3.ClH/c14-13-9-12(15-6-1-2-7-15)5-8-16(13)10-11-3-4-11;/h5,8-9,11,14H,1-4,6-7,10H2;1H. The Kier molecular flexibility index (Phi) is 3.77. The van der Waals surface area contributed by atoms with Crippen LogP contribution in [-0.4, -0.2) is 13.1 Å². The van der Waals surface area contributed by atoms with E-state index in [0.717, 1.165) is 18.3 Å². The van der Waals surface area contributed by atoms with Crippen molar-refractivity contribution in [2.24, 2.45) is 5.92 Å². The van der Waals surface area contributed by atoms with E-state index in [1.807, 2.05) is 0 Å². The molecule has 0 bridgehead atoms. The summed E-state index contributed by atoms with van der Waals surface area (Å²) in [5.74, 6) is 1.79. The third-order valence-corrected chi connectivity index (χ3v) is 3.68. The van der Waals surface area contributed by atoms with Crippen molar-refractivity contribution in [3.8, 4) is 0 Å². The number of rotatable bonds is 3. The van der Waals surface area contributed by atoms with Gasteiger partial charge in [-0.05, 0) is 31.6 Å². The summed E-state index contributed by atoms with van der Waals surface area (Å²) >= 11 is 0. The van der Waals surface area contributed by atoms with Crippen LogP contribution in [0.3, 0.4) is 0 Å². The van der Waals surface area contributed by atoms with Gasteiger partial charge in [-0.1, -0.05) is 0 Å². The summed E-state index contributed by atoms with van der Waals surface area (Å²) < 4.78 is 2.19. The second-order valence-electron chi connectivity index (χ2n) is 5.10. The number of nitrogens with zero attached hydrogens (tertiary/aromatic N) is 2. The van der Waals surface area contributed by atoms with Gasteiger partial charge in [0.25, 0.3) is 5.82 Å². The lowest BCUT2D eigenvalue weighted by Crippen LogP contribution is -3.00. The Balaban J connectivity index is 0.00000108. The van der Waals surface area contributed by atoms with E-state index in [1.54, 1.807) is 0 Å². The van der Waals surface area contributed by atoms with E-state index in [9.17, 15) is 0 Å². The van der Waals surface area contributed by atoms with Gasteiger partial charge >= 0.3 is 0 Å². The lowest BCUT2D eigenvalue weighted by molar-refractivity contribution is -0.685. The van der Waals surface area contributed by atoms with Gasteiger partial charge in [-0.3, -0.25) is 5.73 Å². The van der Waals surface area contributed by atoms with Crippen LogP contribution in [0.15, 0.2) is 18.3 Å². The van der Waals surface area contributed by atoms with Crippen LogP contribution in [0, 0.1) is 5.92 Å². The molecule has 0 radical (unpaired) electrons. The first-order valence-corrected chi connectivity index (χ1v) is 6.37. The zero-order valence-electron chi connectivity index (χ0n) is 10.1. The van der Waals surface area contributed by atoms with Crippen molar-refractivity contribution in [2.45, 2.75) is 32.2 Å². The summed E-state index contributed by atoms with van der Waals surface area (Å²) in [4.78, 5) is 2.43. The van der Waals surface area contributed by atoms with Crippen LogP contribution in [0.25, 0.3) is 0 Å². The summed E-state index contributed by atoms with van der Waals surface area (Å²) in [5, 5.41) is 0. The third kappa shape index (κ3) is 2.83. The fourth-order valence-corrected chi connectivity index (χ4v) is 2.45. The molecule has 0 spiro atoms. The van der Waals surface area contributed by atoms with Gasteiger partial charge in [-0.2, -0.15) is 0 Å². The lowest BCUT2D eigenvalue weighted by Gasteiger charge is -2.17. The van der Waals surface area contributed by atoms with Crippen LogP contribution in [0.1, 0.15) is 25.7 Å². The molecule has 0 amide bonds. The number of nitrogen functional groups attached to an aromatic ring is 1. The highest BCUT2D eigenvalue weighted by Crippen LogP contribution is 2.29. The first kappa shape index (κ1) is 12.5. The van der Waals surface area contributed by atoms with E-state index < -0.39 is 0 Å². The molecule has 0 aromatic carbocycles. The molecule has 1 saturated carbocycles. The molecule has 1 aliphatic carbocycles. The number of halogens is 1. The summed E-state index contributed by atoms with van der Waals surface area (Å²) in [7, 11) is 0. The second-order valence-corrected chi connectivity index (χ2v) is 5.10. The summed E-state index contributed by atoms with van der Waals surface area (Å²) in [6, 6.07) is 4.34. The van der Waals surface area contributed by atoms with Gasteiger partial charge in [0.05, 0.1) is 18.8 Å². The van der Waals surface area contributed by atoms with Crippen molar-refractivity contribution < 1.29 is 17.0 Å². The van der Waals surface area contributed by atoms with E-state index in [0.29, 0.717) is 0 Å². The zero-order chi connectivity index (χ0) is 11.0. The maximum absolute atomic E-state index is 6.10. The molecule has 2 aliphatic rings. The fourth-order valence-electron chi connectivity index (χ4n) is 2.45. The van der Waals surface area contributed by atoms with Crippen molar-refractivity contribution in [2.75, 3.05) is 23.7 Å². The van der Waals surface area contributed by atoms with Crippen molar-refractivity contribution in [3.05, 3.63) is 18.3 Å². The molecule has 2 N–H and O–H groups in total. The first-order valence-electron chi connectivity index (χ1n) is 6.37. The predicted octanol–water partition coefficient (Wildman–Crippen LogP) is -1.43. The summed E-state index contributed by atoms with van der Waals surface area (Å²) in [6.45, 7) is 3.48. The van der Waals surface area contributed by atoms with Crippen molar-refractivity contribution in [3.63, 3.8) is 0 Å². The Hall–Kier alpha value is -0.960. The van der Waals surface area contributed by atoms with Gasteiger partial charge in [0.15, 0.2) is 0 Å². The number of anilines is 2. The predicted molar refractivity (Wildman–Crippen MR) is 65.2 cm³/mol. The van der Waals surface area contributed by atoms with Crippen molar-refractivity contribution in [1.29, 1.82) is 0 Å². The van der Waals surface area contributed by atoms with Gasteiger partial charge in [-0.25, -0.2) is 4.57 Å². The highest BCUT2D eigenvalue weighted by Gasteiger charge is 2.25. The first-order chi connectivity index (χ1) is 7.83. The number of nitrogens with two attached hydrogens (primary N) is 1. The Labute approximate surface area is 109 Å². The van der Waals surface area contributed by atoms with Gasteiger partial charge in [0.2, 0.25) is 0 Å². The minimum absolute atomic E-state index is 0. The Bertz CT molecular complexity index is 384. The normalized spacial score (nSPS) is 19.2. The fraction of sp³-hybridized carbons (Fsp3) is 0.615.